The first-order valence-corrected chi connectivity index (χ1v) is 6.34. The minimum Gasteiger partial charge on any atom is -0.497 e. The molecule has 0 heterocycles. The van der Waals surface area contributed by atoms with Crippen LogP contribution in [0.1, 0.15) is 12.5 Å². The minimum absolute atomic E-state index is 0.438. The van der Waals surface area contributed by atoms with Gasteiger partial charge in [-0.1, -0.05) is 30.3 Å². The Balaban J connectivity index is 2.35. The van der Waals surface area contributed by atoms with Crippen LogP contribution in [0, 0.1) is 0 Å². The molecule has 1 amide bonds. The highest BCUT2D eigenvalue weighted by molar-refractivity contribution is 5.89. The maximum atomic E-state index is 11.9. The fourth-order valence-electron chi connectivity index (χ4n) is 2.01. The van der Waals surface area contributed by atoms with Crippen molar-refractivity contribution >= 4 is 11.6 Å². The van der Waals surface area contributed by atoms with Gasteiger partial charge in [0.05, 0.1) is 7.11 Å². The van der Waals surface area contributed by atoms with Gasteiger partial charge in [-0.2, -0.15) is 0 Å². The van der Waals surface area contributed by atoms with Crippen LogP contribution in [0.15, 0.2) is 54.6 Å². The zero-order valence-electron chi connectivity index (χ0n) is 11.6. The molecule has 0 aliphatic rings. The topological polar surface area (TPSA) is 64.3 Å². The second-order valence-electron chi connectivity index (χ2n) is 4.71. The number of rotatable bonds is 5. The lowest BCUT2D eigenvalue weighted by molar-refractivity contribution is -0.122. The molecule has 2 aromatic rings. The molecular weight excluding hydrogens is 252 g/mol. The van der Waals surface area contributed by atoms with Crippen molar-refractivity contribution in [2.24, 2.45) is 5.73 Å². The van der Waals surface area contributed by atoms with Crippen LogP contribution < -0.4 is 15.8 Å². The van der Waals surface area contributed by atoms with Crippen molar-refractivity contribution in [3.05, 3.63) is 60.2 Å². The van der Waals surface area contributed by atoms with Crippen molar-refractivity contribution < 1.29 is 9.53 Å². The summed E-state index contributed by atoms with van der Waals surface area (Å²) in [5.41, 5.74) is 6.23. The van der Waals surface area contributed by atoms with Crippen molar-refractivity contribution in [1.29, 1.82) is 0 Å². The summed E-state index contributed by atoms with van der Waals surface area (Å²) in [5.74, 6) is 0.298. The van der Waals surface area contributed by atoms with Crippen LogP contribution in [-0.4, -0.2) is 13.0 Å². The zero-order valence-corrected chi connectivity index (χ0v) is 11.6. The van der Waals surface area contributed by atoms with Gasteiger partial charge in [-0.15, -0.1) is 0 Å². The molecule has 20 heavy (non-hydrogen) atoms. The number of carbonyl (C=O) groups excluding carboxylic acids is 1. The molecule has 0 saturated heterocycles. The first-order chi connectivity index (χ1) is 9.56. The van der Waals surface area contributed by atoms with Gasteiger partial charge in [0, 0.05) is 5.69 Å². The number of nitrogens with two attached hydrogens (primary N) is 1. The Hall–Kier alpha value is -2.49. The number of carbonyl (C=O) groups is 1. The van der Waals surface area contributed by atoms with E-state index in [0.717, 1.165) is 17.0 Å². The van der Waals surface area contributed by atoms with E-state index in [-0.39, 0.29) is 0 Å². The summed E-state index contributed by atoms with van der Waals surface area (Å²) >= 11 is 0. The molecule has 1 unspecified atom stereocenters. The normalized spacial score (nSPS) is 13.3. The lowest BCUT2D eigenvalue weighted by atomic mass is 9.90. The highest BCUT2D eigenvalue weighted by Crippen LogP contribution is 2.27. The Morgan fingerprint density at radius 2 is 1.70 bits per heavy atom. The van der Waals surface area contributed by atoms with Crippen molar-refractivity contribution in [3.63, 3.8) is 0 Å². The van der Waals surface area contributed by atoms with Crippen molar-refractivity contribution in [3.8, 4) is 5.75 Å². The van der Waals surface area contributed by atoms with Gasteiger partial charge in [0.15, 0.2) is 0 Å². The molecule has 0 aliphatic heterocycles. The number of ether oxygens (including phenoxy) is 1. The van der Waals surface area contributed by atoms with Gasteiger partial charge >= 0.3 is 0 Å². The Morgan fingerprint density at radius 3 is 2.20 bits per heavy atom. The van der Waals surface area contributed by atoms with E-state index in [9.17, 15) is 4.79 Å². The maximum Gasteiger partial charge on any atom is 0.247 e. The highest BCUT2D eigenvalue weighted by atomic mass is 16.5. The van der Waals surface area contributed by atoms with Crippen LogP contribution in [0.2, 0.25) is 0 Å². The van der Waals surface area contributed by atoms with E-state index in [1.807, 2.05) is 54.6 Å². The average Bonchev–Trinajstić information content (AvgIpc) is 2.48. The first-order valence-electron chi connectivity index (χ1n) is 6.34. The van der Waals surface area contributed by atoms with Crippen LogP contribution >= 0.6 is 0 Å². The number of anilines is 1. The van der Waals surface area contributed by atoms with Gasteiger partial charge < -0.3 is 15.8 Å². The standard InChI is InChI=1S/C16H18N2O2/c1-16(15(17)19,18-13-6-4-3-5-7-13)12-8-10-14(20-2)11-9-12/h3-11,18H,1-2H3,(H2,17,19). The summed E-state index contributed by atoms with van der Waals surface area (Å²) in [7, 11) is 1.60. The highest BCUT2D eigenvalue weighted by Gasteiger charge is 2.33. The molecule has 104 valence electrons. The summed E-state index contributed by atoms with van der Waals surface area (Å²) in [6, 6.07) is 16.8. The number of hydrogen-bond donors (Lipinski definition) is 2. The summed E-state index contributed by atoms with van der Waals surface area (Å²) in [6.07, 6.45) is 0. The largest absolute Gasteiger partial charge is 0.497 e. The minimum atomic E-state index is -0.979. The molecule has 0 bridgehead atoms. The molecule has 0 fully saturated rings. The van der Waals surface area contributed by atoms with Gasteiger partial charge in [0.2, 0.25) is 5.91 Å². The second-order valence-corrected chi connectivity index (χ2v) is 4.71. The SMILES string of the molecule is COc1ccc(C(C)(Nc2ccccc2)C(N)=O)cc1. The molecule has 0 saturated carbocycles. The third kappa shape index (κ3) is 2.74. The van der Waals surface area contributed by atoms with Crippen LogP contribution in [0.4, 0.5) is 5.69 Å². The number of primary amides is 1. The monoisotopic (exact) mass is 270 g/mol. The van der Waals surface area contributed by atoms with Gasteiger partial charge in [0.25, 0.3) is 0 Å². The molecule has 2 aromatic carbocycles. The van der Waals surface area contributed by atoms with Gasteiger partial charge in [-0.05, 0) is 36.8 Å². The first kappa shape index (κ1) is 13.9. The van der Waals surface area contributed by atoms with E-state index in [2.05, 4.69) is 5.32 Å². The van der Waals surface area contributed by atoms with Crippen LogP contribution in [0.3, 0.4) is 0 Å². The molecule has 0 aromatic heterocycles. The van der Waals surface area contributed by atoms with Crippen molar-refractivity contribution in [2.75, 3.05) is 12.4 Å². The second kappa shape index (κ2) is 5.65. The average molecular weight is 270 g/mol. The molecule has 0 aliphatic carbocycles. The van der Waals surface area contributed by atoms with Crippen LogP contribution in [-0.2, 0) is 10.3 Å². The third-order valence-electron chi connectivity index (χ3n) is 3.33. The van der Waals surface area contributed by atoms with E-state index >= 15 is 0 Å². The number of nitrogens with one attached hydrogen (secondary N) is 1. The maximum absolute atomic E-state index is 11.9. The van der Waals surface area contributed by atoms with E-state index in [0.29, 0.717) is 0 Å². The number of amides is 1. The van der Waals surface area contributed by atoms with E-state index in [4.69, 9.17) is 10.5 Å². The lowest BCUT2D eigenvalue weighted by Crippen LogP contribution is -2.45. The lowest BCUT2D eigenvalue weighted by Gasteiger charge is -2.29. The summed E-state index contributed by atoms with van der Waals surface area (Å²) in [6.45, 7) is 1.77. The number of benzene rings is 2. The van der Waals surface area contributed by atoms with Crippen LogP contribution in [0.25, 0.3) is 0 Å². The Labute approximate surface area is 118 Å². The predicted molar refractivity (Wildman–Crippen MR) is 79.6 cm³/mol. The van der Waals surface area contributed by atoms with Crippen molar-refractivity contribution in [2.45, 2.75) is 12.5 Å². The zero-order chi connectivity index (χ0) is 14.6. The smallest absolute Gasteiger partial charge is 0.247 e. The molecule has 3 N–H and O–H groups in total. The number of hydrogen-bond acceptors (Lipinski definition) is 3. The molecular formula is C16H18N2O2. The molecule has 0 radical (unpaired) electrons. The molecule has 4 nitrogen and oxygen atoms in total. The van der Waals surface area contributed by atoms with Crippen molar-refractivity contribution in [1.82, 2.24) is 0 Å². The summed E-state index contributed by atoms with van der Waals surface area (Å²) in [5, 5.41) is 3.19. The fraction of sp³-hybridized carbons (Fsp3) is 0.188. The number of methoxy groups -OCH3 is 1. The molecule has 1 atom stereocenters. The van der Waals surface area contributed by atoms with Gasteiger partial charge in [-0.3, -0.25) is 4.79 Å². The third-order valence-corrected chi connectivity index (χ3v) is 3.33. The Kier molecular flexibility index (Phi) is 3.94. The van der Waals surface area contributed by atoms with Gasteiger partial charge in [-0.25, -0.2) is 0 Å². The fourth-order valence-corrected chi connectivity index (χ4v) is 2.01. The van der Waals surface area contributed by atoms with E-state index in [1.165, 1.54) is 0 Å². The summed E-state index contributed by atoms with van der Waals surface area (Å²) < 4.78 is 5.12. The molecule has 0 spiro atoms. The Bertz CT molecular complexity index is 581. The summed E-state index contributed by atoms with van der Waals surface area (Å²) in [4.78, 5) is 11.9. The molecule has 2 rings (SSSR count). The quantitative estimate of drug-likeness (QED) is 0.877. The van der Waals surface area contributed by atoms with E-state index < -0.39 is 11.4 Å². The number of para-hydroxylation sites is 1. The van der Waals surface area contributed by atoms with Crippen LogP contribution in [0.5, 0.6) is 5.75 Å². The predicted octanol–water partition coefficient (Wildman–Crippen LogP) is 2.51. The van der Waals surface area contributed by atoms with E-state index in [1.54, 1.807) is 14.0 Å². The molecule has 4 heteroatoms. The van der Waals surface area contributed by atoms with Gasteiger partial charge in [0.1, 0.15) is 11.3 Å². The Morgan fingerprint density at radius 1 is 1.10 bits per heavy atom.